The van der Waals surface area contributed by atoms with Crippen molar-refractivity contribution in [1.82, 2.24) is 0 Å². The third-order valence-electron chi connectivity index (χ3n) is 3.80. The van der Waals surface area contributed by atoms with E-state index in [4.69, 9.17) is 4.42 Å². The minimum atomic E-state index is -1.21. The molecule has 0 unspecified atom stereocenters. The molecule has 0 atom stereocenters. The Kier molecular flexibility index (Phi) is 3.92. The summed E-state index contributed by atoms with van der Waals surface area (Å²) in [7, 11) is 0. The summed E-state index contributed by atoms with van der Waals surface area (Å²) in [6.45, 7) is 1.65. The highest BCUT2D eigenvalue weighted by Crippen LogP contribution is 2.37. The molecule has 2 N–H and O–H groups in total. The average molecular weight is 322 g/mol. The zero-order valence-corrected chi connectivity index (χ0v) is 12.8. The largest absolute Gasteiger partial charge is 0.478 e. The van der Waals surface area contributed by atoms with Gasteiger partial charge < -0.3 is 14.6 Å². The quantitative estimate of drug-likeness (QED) is 0.747. The Morgan fingerprint density at radius 2 is 1.58 bits per heavy atom. The van der Waals surface area contributed by atoms with Gasteiger partial charge in [0.25, 0.3) is 0 Å². The fourth-order valence-corrected chi connectivity index (χ4v) is 2.83. The maximum absolute atomic E-state index is 12.0. The Bertz CT molecular complexity index is 909. The molecule has 0 saturated carbocycles. The van der Waals surface area contributed by atoms with Crippen molar-refractivity contribution >= 4 is 11.9 Å². The normalized spacial score (nSPS) is 10.5. The van der Waals surface area contributed by atoms with Crippen LogP contribution in [-0.2, 0) is 0 Å². The molecule has 0 aliphatic carbocycles. The topological polar surface area (TPSA) is 87.7 Å². The molecule has 0 radical (unpaired) electrons. The van der Waals surface area contributed by atoms with Crippen molar-refractivity contribution in [2.75, 3.05) is 0 Å². The molecule has 5 heteroatoms. The molecule has 1 aromatic heterocycles. The Hall–Kier alpha value is -3.34. The second-order valence-corrected chi connectivity index (χ2v) is 5.32. The van der Waals surface area contributed by atoms with E-state index >= 15 is 0 Å². The van der Waals surface area contributed by atoms with Crippen molar-refractivity contribution in [3.8, 4) is 22.5 Å². The molecule has 0 aliphatic rings. The van der Waals surface area contributed by atoms with Gasteiger partial charge in [0.15, 0.2) is 0 Å². The van der Waals surface area contributed by atoms with Crippen LogP contribution in [0.3, 0.4) is 0 Å². The molecule has 120 valence electrons. The minimum Gasteiger partial charge on any atom is -0.478 e. The molecule has 0 amide bonds. The molecular weight excluding hydrogens is 308 g/mol. The van der Waals surface area contributed by atoms with Gasteiger partial charge in [-0.2, -0.15) is 0 Å². The van der Waals surface area contributed by atoms with Crippen molar-refractivity contribution in [2.24, 2.45) is 0 Å². The summed E-state index contributed by atoms with van der Waals surface area (Å²) in [4.78, 5) is 23.7. The number of aryl methyl sites for hydroxylation is 1. The average Bonchev–Trinajstić information content (AvgIpc) is 3.08. The highest BCUT2D eigenvalue weighted by molar-refractivity contribution is 6.09. The van der Waals surface area contributed by atoms with E-state index in [0.717, 1.165) is 0 Å². The third kappa shape index (κ3) is 2.56. The summed E-state index contributed by atoms with van der Waals surface area (Å²) >= 11 is 0. The number of rotatable bonds is 4. The van der Waals surface area contributed by atoms with Crippen LogP contribution in [-0.4, -0.2) is 22.2 Å². The Morgan fingerprint density at radius 3 is 2.12 bits per heavy atom. The van der Waals surface area contributed by atoms with Gasteiger partial charge in [-0.25, -0.2) is 9.59 Å². The number of hydrogen-bond donors (Lipinski definition) is 2. The van der Waals surface area contributed by atoms with Gasteiger partial charge in [-0.1, -0.05) is 30.3 Å². The van der Waals surface area contributed by atoms with Crippen LogP contribution in [0.4, 0.5) is 0 Å². The standard InChI is InChI=1S/C19H14O5/c1-11-10-13(12-6-3-2-4-7-12)16(19(22)23)17(15(11)18(20)21)14-8-5-9-24-14/h2-10H,1H3,(H,20,21)(H,22,23). The summed E-state index contributed by atoms with van der Waals surface area (Å²) in [5.74, 6) is -2.19. The van der Waals surface area contributed by atoms with Crippen molar-refractivity contribution in [3.63, 3.8) is 0 Å². The van der Waals surface area contributed by atoms with Crippen molar-refractivity contribution in [2.45, 2.75) is 6.92 Å². The Morgan fingerprint density at radius 1 is 0.917 bits per heavy atom. The van der Waals surface area contributed by atoms with Crippen LogP contribution < -0.4 is 0 Å². The first-order valence-electron chi connectivity index (χ1n) is 7.24. The maximum atomic E-state index is 12.0. The van der Waals surface area contributed by atoms with E-state index < -0.39 is 11.9 Å². The van der Waals surface area contributed by atoms with Crippen LogP contribution >= 0.6 is 0 Å². The van der Waals surface area contributed by atoms with E-state index in [2.05, 4.69) is 0 Å². The van der Waals surface area contributed by atoms with E-state index in [0.29, 0.717) is 16.7 Å². The Balaban J connectivity index is 2.46. The number of carboxylic acids is 2. The predicted molar refractivity (Wildman–Crippen MR) is 88.2 cm³/mol. The highest BCUT2D eigenvalue weighted by atomic mass is 16.4. The lowest BCUT2D eigenvalue weighted by Crippen LogP contribution is -2.11. The molecule has 5 nitrogen and oxygen atoms in total. The van der Waals surface area contributed by atoms with Gasteiger partial charge in [0.2, 0.25) is 0 Å². The lowest BCUT2D eigenvalue weighted by Gasteiger charge is -2.16. The second-order valence-electron chi connectivity index (χ2n) is 5.32. The fraction of sp³-hybridized carbons (Fsp3) is 0.0526. The number of benzene rings is 2. The van der Waals surface area contributed by atoms with Crippen LogP contribution in [0, 0.1) is 6.92 Å². The summed E-state index contributed by atoms with van der Waals surface area (Å²) < 4.78 is 5.32. The first kappa shape index (κ1) is 15.6. The monoisotopic (exact) mass is 322 g/mol. The summed E-state index contributed by atoms with van der Waals surface area (Å²) in [6.07, 6.45) is 1.39. The number of furan rings is 1. The molecule has 0 fully saturated rings. The van der Waals surface area contributed by atoms with Crippen LogP contribution in [0.25, 0.3) is 22.5 Å². The smallest absolute Gasteiger partial charge is 0.337 e. The van der Waals surface area contributed by atoms with Gasteiger partial charge in [0, 0.05) is 5.56 Å². The van der Waals surface area contributed by atoms with Gasteiger partial charge in [-0.3, -0.25) is 0 Å². The summed E-state index contributed by atoms with van der Waals surface area (Å²) in [6, 6.07) is 13.7. The van der Waals surface area contributed by atoms with Gasteiger partial charge in [0.05, 0.1) is 17.4 Å². The number of hydrogen-bond acceptors (Lipinski definition) is 3. The molecule has 2 aromatic carbocycles. The van der Waals surface area contributed by atoms with E-state index in [1.54, 1.807) is 49.4 Å². The maximum Gasteiger partial charge on any atom is 0.337 e. The van der Waals surface area contributed by atoms with Gasteiger partial charge in [0.1, 0.15) is 5.76 Å². The zero-order chi connectivity index (χ0) is 17.3. The van der Waals surface area contributed by atoms with Gasteiger partial charge in [-0.05, 0) is 41.8 Å². The SMILES string of the molecule is Cc1cc(-c2ccccc2)c(C(=O)O)c(-c2ccco2)c1C(=O)O. The molecule has 0 aliphatic heterocycles. The predicted octanol–water partition coefficient (Wildman–Crippen LogP) is 4.32. The van der Waals surface area contributed by atoms with Crippen LogP contribution in [0.15, 0.2) is 59.2 Å². The van der Waals surface area contributed by atoms with E-state index in [9.17, 15) is 19.8 Å². The third-order valence-corrected chi connectivity index (χ3v) is 3.80. The number of carboxylic acid groups (broad SMARTS) is 2. The van der Waals surface area contributed by atoms with E-state index in [1.807, 2.05) is 6.07 Å². The lowest BCUT2D eigenvalue weighted by atomic mass is 9.87. The minimum absolute atomic E-state index is 0.0676. The molecular formula is C19H14O5. The van der Waals surface area contributed by atoms with E-state index in [1.165, 1.54) is 6.26 Å². The highest BCUT2D eigenvalue weighted by Gasteiger charge is 2.27. The van der Waals surface area contributed by atoms with Gasteiger partial charge in [-0.15, -0.1) is 0 Å². The molecule has 1 heterocycles. The Labute approximate surface area is 137 Å². The molecule has 3 rings (SSSR count). The van der Waals surface area contributed by atoms with Crippen LogP contribution in [0.2, 0.25) is 0 Å². The summed E-state index contributed by atoms with van der Waals surface area (Å²) in [5.41, 5.74) is 1.55. The molecule has 0 saturated heterocycles. The van der Waals surface area contributed by atoms with Crippen molar-refractivity contribution < 1.29 is 24.2 Å². The zero-order valence-electron chi connectivity index (χ0n) is 12.8. The van der Waals surface area contributed by atoms with E-state index in [-0.39, 0.29) is 22.5 Å². The molecule has 24 heavy (non-hydrogen) atoms. The number of carbonyl (C=O) groups is 2. The molecule has 0 spiro atoms. The molecule has 3 aromatic rings. The van der Waals surface area contributed by atoms with Gasteiger partial charge >= 0.3 is 11.9 Å². The van der Waals surface area contributed by atoms with Crippen molar-refractivity contribution in [1.29, 1.82) is 0 Å². The first-order valence-corrected chi connectivity index (χ1v) is 7.24. The van der Waals surface area contributed by atoms with Crippen LogP contribution in [0.1, 0.15) is 26.3 Å². The fourth-order valence-electron chi connectivity index (χ4n) is 2.83. The van der Waals surface area contributed by atoms with Crippen LogP contribution in [0.5, 0.6) is 0 Å². The summed E-state index contributed by atoms with van der Waals surface area (Å²) in [5, 5.41) is 19.3. The molecule has 0 bridgehead atoms. The lowest BCUT2D eigenvalue weighted by molar-refractivity contribution is 0.0695. The second kappa shape index (κ2) is 6.04. The van der Waals surface area contributed by atoms with Crippen molar-refractivity contribution in [3.05, 3.63) is 71.5 Å². The first-order chi connectivity index (χ1) is 11.5. The number of aromatic carboxylic acids is 2.